The van der Waals surface area contributed by atoms with Gasteiger partial charge in [0.05, 0.1) is 11.7 Å². The van der Waals surface area contributed by atoms with Crippen LogP contribution in [-0.2, 0) is 0 Å². The van der Waals surface area contributed by atoms with Crippen LogP contribution >= 0.6 is 11.3 Å². The van der Waals surface area contributed by atoms with Gasteiger partial charge in [0.25, 0.3) is 0 Å². The van der Waals surface area contributed by atoms with E-state index < -0.39 is 0 Å². The van der Waals surface area contributed by atoms with Gasteiger partial charge < -0.3 is 10.2 Å². The molecule has 2 nitrogen and oxygen atoms in total. The molecule has 0 saturated carbocycles. The molecule has 0 aliphatic heterocycles. The van der Waals surface area contributed by atoms with Crippen LogP contribution in [-0.4, -0.2) is 13.6 Å². The highest BCUT2D eigenvalue weighted by molar-refractivity contribution is 7.10. The van der Waals surface area contributed by atoms with Gasteiger partial charge in [0.2, 0.25) is 0 Å². The molecule has 0 fully saturated rings. The normalized spacial score (nSPS) is 14.0. The number of benzene rings is 1. The number of nitrogens with zero attached hydrogens (tertiary/aromatic N) is 1. The Labute approximate surface area is 130 Å². The van der Waals surface area contributed by atoms with Crippen LogP contribution in [0.5, 0.6) is 0 Å². The Balaban J connectivity index is 2.20. The van der Waals surface area contributed by atoms with Gasteiger partial charge in [0.15, 0.2) is 0 Å². The van der Waals surface area contributed by atoms with Gasteiger partial charge >= 0.3 is 0 Å². The van der Waals surface area contributed by atoms with Crippen molar-refractivity contribution in [2.75, 3.05) is 18.5 Å². The minimum absolute atomic E-state index is 0.163. The fraction of sp³-hybridized carbons (Fsp3) is 0.412. The maximum atomic E-state index is 14.4. The zero-order valence-electron chi connectivity index (χ0n) is 13.1. The molecule has 114 valence electrons. The molecule has 0 spiro atoms. The van der Waals surface area contributed by atoms with E-state index in [1.807, 2.05) is 30.1 Å². The van der Waals surface area contributed by atoms with E-state index in [1.54, 1.807) is 17.4 Å². The number of anilines is 1. The summed E-state index contributed by atoms with van der Waals surface area (Å²) in [6, 6.07) is 9.97. The van der Waals surface area contributed by atoms with E-state index >= 15 is 0 Å². The van der Waals surface area contributed by atoms with E-state index in [2.05, 4.69) is 37.5 Å². The molecule has 0 aliphatic carbocycles. The first kappa shape index (κ1) is 16.0. The molecule has 1 N–H and O–H groups in total. The Kier molecular flexibility index (Phi) is 5.37. The SMILES string of the molecule is CCNC(C)c1ccc(N(C)C(C)c2cccs2)c(F)c1. The Morgan fingerprint density at radius 3 is 2.62 bits per heavy atom. The fourth-order valence-corrected chi connectivity index (χ4v) is 3.26. The van der Waals surface area contributed by atoms with Gasteiger partial charge in [0, 0.05) is 18.0 Å². The van der Waals surface area contributed by atoms with Gasteiger partial charge in [-0.1, -0.05) is 19.1 Å². The zero-order valence-corrected chi connectivity index (χ0v) is 13.9. The summed E-state index contributed by atoms with van der Waals surface area (Å²) >= 11 is 1.70. The Morgan fingerprint density at radius 2 is 2.05 bits per heavy atom. The molecule has 2 rings (SSSR count). The van der Waals surface area contributed by atoms with E-state index in [0.717, 1.165) is 12.1 Å². The summed E-state index contributed by atoms with van der Waals surface area (Å²) in [5, 5.41) is 5.36. The van der Waals surface area contributed by atoms with E-state index in [1.165, 1.54) is 4.88 Å². The summed E-state index contributed by atoms with van der Waals surface area (Å²) in [5.41, 5.74) is 1.62. The highest BCUT2D eigenvalue weighted by Crippen LogP contribution is 2.31. The van der Waals surface area contributed by atoms with Crippen molar-refractivity contribution in [3.8, 4) is 0 Å². The number of hydrogen-bond donors (Lipinski definition) is 1. The summed E-state index contributed by atoms with van der Waals surface area (Å²) in [5.74, 6) is -0.164. The van der Waals surface area contributed by atoms with Gasteiger partial charge in [0.1, 0.15) is 5.82 Å². The lowest BCUT2D eigenvalue weighted by Crippen LogP contribution is -2.22. The maximum absolute atomic E-state index is 14.4. The molecule has 4 heteroatoms. The lowest BCUT2D eigenvalue weighted by atomic mass is 10.1. The molecular weight excluding hydrogens is 283 g/mol. The van der Waals surface area contributed by atoms with Gasteiger partial charge in [-0.05, 0) is 49.5 Å². The highest BCUT2D eigenvalue weighted by Gasteiger charge is 2.17. The average molecular weight is 306 g/mol. The minimum atomic E-state index is -0.164. The second-order valence-electron chi connectivity index (χ2n) is 5.29. The van der Waals surface area contributed by atoms with Crippen molar-refractivity contribution in [3.63, 3.8) is 0 Å². The predicted octanol–water partition coefficient (Wildman–Crippen LogP) is 4.76. The first-order chi connectivity index (χ1) is 10.0. The standard InChI is InChI=1S/C17H23FN2S/c1-5-19-12(2)14-8-9-16(15(18)11-14)20(4)13(3)17-7-6-10-21-17/h6-13,19H,5H2,1-4H3. The highest BCUT2D eigenvalue weighted by atomic mass is 32.1. The van der Waals surface area contributed by atoms with Crippen molar-refractivity contribution in [1.82, 2.24) is 5.32 Å². The molecule has 21 heavy (non-hydrogen) atoms. The van der Waals surface area contributed by atoms with Crippen LogP contribution in [0.25, 0.3) is 0 Å². The topological polar surface area (TPSA) is 15.3 Å². The first-order valence-electron chi connectivity index (χ1n) is 7.33. The van der Waals surface area contributed by atoms with Gasteiger partial charge in [-0.25, -0.2) is 4.39 Å². The molecule has 0 bridgehead atoms. The van der Waals surface area contributed by atoms with Gasteiger partial charge in [-0.2, -0.15) is 0 Å². The van der Waals surface area contributed by atoms with Crippen LogP contribution in [0.4, 0.5) is 10.1 Å². The molecule has 1 heterocycles. The molecule has 1 aromatic carbocycles. The number of thiophene rings is 1. The molecule has 0 amide bonds. The van der Waals surface area contributed by atoms with Crippen molar-refractivity contribution >= 4 is 17.0 Å². The second-order valence-corrected chi connectivity index (χ2v) is 6.27. The van der Waals surface area contributed by atoms with Crippen molar-refractivity contribution < 1.29 is 4.39 Å². The summed E-state index contributed by atoms with van der Waals surface area (Å²) < 4.78 is 14.4. The summed E-state index contributed by atoms with van der Waals surface area (Å²) in [7, 11) is 1.94. The molecule has 1 aromatic heterocycles. The Hall–Kier alpha value is -1.39. The van der Waals surface area contributed by atoms with Crippen LogP contribution in [0, 0.1) is 5.82 Å². The van der Waals surface area contributed by atoms with Crippen LogP contribution in [0.3, 0.4) is 0 Å². The third-order valence-corrected chi connectivity index (χ3v) is 4.94. The molecule has 0 radical (unpaired) electrons. The van der Waals surface area contributed by atoms with Crippen molar-refractivity contribution in [2.45, 2.75) is 32.9 Å². The summed E-state index contributed by atoms with van der Waals surface area (Å²) in [4.78, 5) is 3.23. The quantitative estimate of drug-likeness (QED) is 0.828. The molecule has 2 unspecified atom stereocenters. The van der Waals surface area contributed by atoms with Crippen LogP contribution in [0.15, 0.2) is 35.7 Å². The molecule has 0 saturated heterocycles. The van der Waals surface area contributed by atoms with Gasteiger partial charge in [-0.15, -0.1) is 11.3 Å². The van der Waals surface area contributed by atoms with E-state index in [9.17, 15) is 4.39 Å². The summed E-state index contributed by atoms with van der Waals surface area (Å²) in [6.07, 6.45) is 0. The number of nitrogens with one attached hydrogen (secondary N) is 1. The predicted molar refractivity (Wildman–Crippen MR) is 89.6 cm³/mol. The number of hydrogen-bond acceptors (Lipinski definition) is 3. The molecule has 0 aliphatic rings. The number of halogens is 1. The van der Waals surface area contributed by atoms with Crippen LogP contribution in [0.2, 0.25) is 0 Å². The average Bonchev–Trinajstić information content (AvgIpc) is 3.00. The van der Waals surface area contributed by atoms with E-state index in [-0.39, 0.29) is 17.9 Å². The monoisotopic (exact) mass is 306 g/mol. The van der Waals surface area contributed by atoms with Crippen LogP contribution < -0.4 is 10.2 Å². The molecule has 2 atom stereocenters. The van der Waals surface area contributed by atoms with E-state index in [0.29, 0.717) is 5.69 Å². The minimum Gasteiger partial charge on any atom is -0.365 e. The number of rotatable bonds is 6. The fourth-order valence-electron chi connectivity index (χ4n) is 2.43. The van der Waals surface area contributed by atoms with Crippen molar-refractivity contribution in [2.24, 2.45) is 0 Å². The lowest BCUT2D eigenvalue weighted by Gasteiger charge is -2.27. The lowest BCUT2D eigenvalue weighted by molar-refractivity contribution is 0.579. The van der Waals surface area contributed by atoms with E-state index in [4.69, 9.17) is 0 Å². The zero-order chi connectivity index (χ0) is 15.4. The second kappa shape index (κ2) is 7.05. The third-order valence-electron chi connectivity index (χ3n) is 3.90. The smallest absolute Gasteiger partial charge is 0.146 e. The summed E-state index contributed by atoms with van der Waals surface area (Å²) in [6.45, 7) is 7.08. The Bertz CT molecular complexity index is 568. The van der Waals surface area contributed by atoms with Gasteiger partial charge in [-0.3, -0.25) is 0 Å². The first-order valence-corrected chi connectivity index (χ1v) is 8.21. The van der Waals surface area contributed by atoms with Crippen molar-refractivity contribution in [1.29, 1.82) is 0 Å². The third kappa shape index (κ3) is 3.63. The molecule has 2 aromatic rings. The van der Waals surface area contributed by atoms with Crippen LogP contribution in [0.1, 0.15) is 43.3 Å². The van der Waals surface area contributed by atoms with Crippen molar-refractivity contribution in [3.05, 3.63) is 52.0 Å². The molecular formula is C17H23FN2S. The Morgan fingerprint density at radius 1 is 1.29 bits per heavy atom. The maximum Gasteiger partial charge on any atom is 0.146 e. The largest absolute Gasteiger partial charge is 0.365 e.